The van der Waals surface area contributed by atoms with E-state index in [1.165, 1.54) is 24.3 Å². The molecule has 2 amide bonds. The van der Waals surface area contributed by atoms with Crippen molar-refractivity contribution >= 4 is 11.8 Å². The number of benzene rings is 2. The molecule has 1 heterocycles. The van der Waals surface area contributed by atoms with Crippen LogP contribution in [-0.4, -0.2) is 41.5 Å². The van der Waals surface area contributed by atoms with E-state index < -0.39 is 5.82 Å². The molecule has 1 fully saturated rings. The van der Waals surface area contributed by atoms with E-state index in [0.29, 0.717) is 18.0 Å². The van der Waals surface area contributed by atoms with Crippen LogP contribution in [0.5, 0.6) is 5.75 Å². The molecule has 1 unspecified atom stereocenters. The summed E-state index contributed by atoms with van der Waals surface area (Å²) in [5.41, 5.74) is 1.53. The zero-order valence-corrected chi connectivity index (χ0v) is 15.0. The van der Waals surface area contributed by atoms with Crippen molar-refractivity contribution in [3.8, 4) is 5.75 Å². The molecule has 2 aromatic carbocycles. The molecule has 27 heavy (non-hydrogen) atoms. The van der Waals surface area contributed by atoms with Gasteiger partial charge in [0.05, 0.1) is 0 Å². The van der Waals surface area contributed by atoms with Gasteiger partial charge < -0.3 is 15.3 Å². The van der Waals surface area contributed by atoms with Crippen molar-refractivity contribution in [2.45, 2.75) is 19.3 Å². The maximum Gasteiger partial charge on any atom is 0.251 e. The smallest absolute Gasteiger partial charge is 0.251 e. The Morgan fingerprint density at radius 2 is 1.81 bits per heavy atom. The third-order valence-electron chi connectivity index (χ3n) is 4.83. The number of hydrogen-bond acceptors (Lipinski definition) is 3. The first-order valence-corrected chi connectivity index (χ1v) is 9.11. The number of hydrogen-bond donors (Lipinski definition) is 2. The maximum absolute atomic E-state index is 12.9. The van der Waals surface area contributed by atoms with Crippen LogP contribution in [0.15, 0.2) is 48.5 Å². The van der Waals surface area contributed by atoms with Gasteiger partial charge in [0.25, 0.3) is 5.91 Å². The van der Waals surface area contributed by atoms with E-state index in [4.69, 9.17) is 0 Å². The highest BCUT2D eigenvalue weighted by Crippen LogP contribution is 2.22. The van der Waals surface area contributed by atoms with Crippen LogP contribution in [0.1, 0.15) is 28.8 Å². The number of halogens is 1. The van der Waals surface area contributed by atoms with Crippen LogP contribution in [0.4, 0.5) is 4.39 Å². The molecule has 0 radical (unpaired) electrons. The fourth-order valence-electron chi connectivity index (χ4n) is 3.34. The minimum absolute atomic E-state index is 0.0302. The predicted molar refractivity (Wildman–Crippen MR) is 99.8 cm³/mol. The molecular weight excluding hydrogens is 347 g/mol. The minimum Gasteiger partial charge on any atom is -0.508 e. The number of phenols is 1. The first-order valence-electron chi connectivity index (χ1n) is 9.11. The average molecular weight is 370 g/mol. The highest BCUT2D eigenvalue weighted by molar-refractivity contribution is 5.94. The molecule has 0 aromatic heterocycles. The molecule has 3 rings (SSSR count). The number of amides is 2. The van der Waals surface area contributed by atoms with Crippen LogP contribution in [0.25, 0.3) is 0 Å². The number of carbonyl (C=O) groups is 2. The first kappa shape index (κ1) is 18.9. The van der Waals surface area contributed by atoms with Crippen molar-refractivity contribution in [1.82, 2.24) is 10.2 Å². The molecule has 1 aliphatic rings. The highest BCUT2D eigenvalue weighted by Gasteiger charge is 2.26. The van der Waals surface area contributed by atoms with Crippen molar-refractivity contribution in [2.24, 2.45) is 5.92 Å². The Kier molecular flexibility index (Phi) is 6.06. The van der Waals surface area contributed by atoms with Gasteiger partial charge in [0, 0.05) is 31.6 Å². The number of aromatic hydroxyl groups is 1. The minimum atomic E-state index is -0.391. The number of nitrogens with one attached hydrogen (secondary N) is 1. The second-order valence-corrected chi connectivity index (χ2v) is 6.88. The van der Waals surface area contributed by atoms with E-state index in [1.807, 2.05) is 17.0 Å². The first-order chi connectivity index (χ1) is 13.0. The number of carbonyl (C=O) groups excluding carboxylic acids is 2. The quantitative estimate of drug-likeness (QED) is 0.822. The molecule has 142 valence electrons. The van der Waals surface area contributed by atoms with Crippen molar-refractivity contribution < 1.29 is 19.1 Å². The molecule has 2 N–H and O–H groups in total. The van der Waals surface area contributed by atoms with Crippen LogP contribution in [0.3, 0.4) is 0 Å². The summed E-state index contributed by atoms with van der Waals surface area (Å²) in [5.74, 6) is -0.00776. The standard InChI is InChI=1S/C21H23FN2O3/c22-18-5-3-17(4-6-18)21(27)23-11-9-20(26)24-12-10-16(14-24)13-15-1-7-19(25)8-2-15/h1-8,16,25H,9-14H2,(H,23,27). The zero-order valence-electron chi connectivity index (χ0n) is 15.0. The van der Waals surface area contributed by atoms with Gasteiger partial charge in [-0.15, -0.1) is 0 Å². The lowest BCUT2D eigenvalue weighted by Crippen LogP contribution is -2.33. The predicted octanol–water partition coefficient (Wildman–Crippen LogP) is 2.74. The SMILES string of the molecule is O=C(NCCC(=O)N1CCC(Cc2ccc(O)cc2)C1)c1ccc(F)cc1. The molecule has 1 atom stereocenters. The fraction of sp³-hybridized carbons (Fsp3) is 0.333. The van der Waals surface area contributed by atoms with Crippen LogP contribution in [0.2, 0.25) is 0 Å². The largest absolute Gasteiger partial charge is 0.508 e. The summed E-state index contributed by atoms with van der Waals surface area (Å²) in [7, 11) is 0. The Hall–Kier alpha value is -2.89. The van der Waals surface area contributed by atoms with E-state index in [0.717, 1.165) is 24.9 Å². The van der Waals surface area contributed by atoms with Gasteiger partial charge in [-0.2, -0.15) is 0 Å². The summed E-state index contributed by atoms with van der Waals surface area (Å²) in [4.78, 5) is 26.1. The number of rotatable bonds is 6. The van der Waals surface area contributed by atoms with Gasteiger partial charge in [-0.25, -0.2) is 4.39 Å². The summed E-state index contributed by atoms with van der Waals surface area (Å²) in [5, 5.41) is 12.0. The Labute approximate surface area is 157 Å². The lowest BCUT2D eigenvalue weighted by molar-refractivity contribution is -0.130. The van der Waals surface area contributed by atoms with E-state index in [2.05, 4.69) is 5.32 Å². The molecule has 1 saturated heterocycles. The van der Waals surface area contributed by atoms with E-state index in [9.17, 15) is 19.1 Å². The molecule has 1 aliphatic heterocycles. The van der Waals surface area contributed by atoms with Crippen LogP contribution in [0, 0.1) is 11.7 Å². The molecule has 0 spiro atoms. The molecule has 5 nitrogen and oxygen atoms in total. The maximum atomic E-state index is 12.9. The van der Waals surface area contributed by atoms with Crippen molar-refractivity contribution in [3.63, 3.8) is 0 Å². The summed E-state index contributed by atoms with van der Waals surface area (Å²) in [6.07, 6.45) is 2.08. The molecule has 0 aliphatic carbocycles. The number of nitrogens with zero attached hydrogens (tertiary/aromatic N) is 1. The second kappa shape index (κ2) is 8.66. The van der Waals surface area contributed by atoms with Gasteiger partial charge >= 0.3 is 0 Å². The summed E-state index contributed by atoms with van der Waals surface area (Å²) < 4.78 is 12.9. The van der Waals surface area contributed by atoms with Crippen molar-refractivity contribution in [3.05, 3.63) is 65.5 Å². The van der Waals surface area contributed by atoms with Gasteiger partial charge in [0.2, 0.25) is 5.91 Å². The third kappa shape index (κ3) is 5.29. The zero-order chi connectivity index (χ0) is 19.2. The van der Waals surface area contributed by atoms with Gasteiger partial charge in [0.1, 0.15) is 11.6 Å². The van der Waals surface area contributed by atoms with Gasteiger partial charge in [-0.3, -0.25) is 9.59 Å². The normalized spacial score (nSPS) is 16.3. The van der Waals surface area contributed by atoms with Gasteiger partial charge in [-0.05, 0) is 60.7 Å². The Morgan fingerprint density at radius 3 is 2.52 bits per heavy atom. The molecule has 6 heteroatoms. The Balaban J connectivity index is 1.40. The van der Waals surface area contributed by atoms with Crippen LogP contribution < -0.4 is 5.32 Å². The Morgan fingerprint density at radius 1 is 1.11 bits per heavy atom. The average Bonchev–Trinajstić information content (AvgIpc) is 3.12. The lowest BCUT2D eigenvalue weighted by Gasteiger charge is -2.17. The summed E-state index contributed by atoms with van der Waals surface area (Å²) in [6, 6.07) is 12.5. The molecular formula is C21H23FN2O3. The van der Waals surface area contributed by atoms with Crippen LogP contribution >= 0.6 is 0 Å². The number of phenolic OH excluding ortho intramolecular Hbond substituents is 1. The number of likely N-dealkylation sites (tertiary alicyclic amines) is 1. The highest BCUT2D eigenvalue weighted by atomic mass is 19.1. The Bertz CT molecular complexity index is 790. The van der Waals surface area contributed by atoms with Crippen molar-refractivity contribution in [1.29, 1.82) is 0 Å². The van der Waals surface area contributed by atoms with E-state index in [1.54, 1.807) is 12.1 Å². The summed E-state index contributed by atoms with van der Waals surface area (Å²) in [6.45, 7) is 1.70. The summed E-state index contributed by atoms with van der Waals surface area (Å²) >= 11 is 0. The van der Waals surface area contributed by atoms with E-state index in [-0.39, 0.29) is 30.5 Å². The topological polar surface area (TPSA) is 69.6 Å². The monoisotopic (exact) mass is 370 g/mol. The van der Waals surface area contributed by atoms with E-state index >= 15 is 0 Å². The van der Waals surface area contributed by atoms with Crippen molar-refractivity contribution in [2.75, 3.05) is 19.6 Å². The van der Waals surface area contributed by atoms with Gasteiger partial charge in [0.15, 0.2) is 0 Å². The molecule has 0 saturated carbocycles. The second-order valence-electron chi connectivity index (χ2n) is 6.88. The fourth-order valence-corrected chi connectivity index (χ4v) is 3.34. The van der Waals surface area contributed by atoms with Crippen LogP contribution in [-0.2, 0) is 11.2 Å². The lowest BCUT2D eigenvalue weighted by atomic mass is 9.99. The molecule has 0 bridgehead atoms. The van der Waals surface area contributed by atoms with Gasteiger partial charge in [-0.1, -0.05) is 12.1 Å². The molecule has 2 aromatic rings. The third-order valence-corrected chi connectivity index (χ3v) is 4.83.